The molecule has 0 heterocycles. The summed E-state index contributed by atoms with van der Waals surface area (Å²) in [5.41, 5.74) is 0.434. The molecule has 1 N–H and O–H groups in total. The minimum Gasteiger partial charge on any atom is -0.281 e. The van der Waals surface area contributed by atoms with Gasteiger partial charge in [0.2, 0.25) is 10.0 Å². The van der Waals surface area contributed by atoms with Gasteiger partial charge in [-0.2, -0.15) is 5.26 Å². The van der Waals surface area contributed by atoms with E-state index in [4.69, 9.17) is 16.9 Å². The first-order valence-corrected chi connectivity index (χ1v) is 7.77. The molecule has 0 aliphatic rings. The molecular formula is C10H10ClIN2O2S. The van der Waals surface area contributed by atoms with E-state index in [9.17, 15) is 8.42 Å². The van der Waals surface area contributed by atoms with Crippen LogP contribution in [0.2, 0.25) is 5.02 Å². The highest BCUT2D eigenvalue weighted by Gasteiger charge is 2.23. The summed E-state index contributed by atoms with van der Waals surface area (Å²) in [6.07, 6.45) is 0.246. The lowest BCUT2D eigenvalue weighted by atomic mass is 10.3. The molecule has 1 aromatic rings. The largest absolute Gasteiger partial charge is 0.281 e. The summed E-state index contributed by atoms with van der Waals surface area (Å²) in [6, 6.07) is 6.58. The minimum atomic E-state index is -3.67. The Labute approximate surface area is 119 Å². The van der Waals surface area contributed by atoms with Gasteiger partial charge in [-0.3, -0.25) is 4.72 Å². The zero-order valence-corrected chi connectivity index (χ0v) is 12.7. The van der Waals surface area contributed by atoms with Gasteiger partial charge in [-0.05, 0) is 47.2 Å². The fourth-order valence-electron chi connectivity index (χ4n) is 1.18. The van der Waals surface area contributed by atoms with E-state index in [1.165, 1.54) is 0 Å². The van der Waals surface area contributed by atoms with Crippen LogP contribution in [0.15, 0.2) is 18.2 Å². The number of hydrogen-bond donors (Lipinski definition) is 1. The van der Waals surface area contributed by atoms with Crippen LogP contribution >= 0.6 is 34.2 Å². The van der Waals surface area contributed by atoms with E-state index >= 15 is 0 Å². The maximum atomic E-state index is 11.8. The molecule has 7 heteroatoms. The number of nitriles is 1. The van der Waals surface area contributed by atoms with Crippen LogP contribution in [0.1, 0.15) is 13.3 Å². The van der Waals surface area contributed by atoms with E-state index in [1.54, 1.807) is 31.2 Å². The molecule has 1 aromatic carbocycles. The van der Waals surface area contributed by atoms with Crippen molar-refractivity contribution in [2.75, 3.05) is 4.72 Å². The molecule has 0 radical (unpaired) electrons. The third-order valence-electron chi connectivity index (χ3n) is 2.07. The molecule has 92 valence electrons. The lowest BCUT2D eigenvalue weighted by Crippen LogP contribution is -2.26. The summed E-state index contributed by atoms with van der Waals surface area (Å²) in [7, 11) is -3.67. The topological polar surface area (TPSA) is 70.0 Å². The van der Waals surface area contributed by atoms with E-state index in [0.717, 1.165) is 0 Å². The van der Waals surface area contributed by atoms with Crippen LogP contribution in [0.5, 0.6) is 0 Å². The highest BCUT2D eigenvalue weighted by Crippen LogP contribution is 2.24. The predicted molar refractivity (Wildman–Crippen MR) is 76.4 cm³/mol. The van der Waals surface area contributed by atoms with Crippen LogP contribution in [-0.4, -0.2) is 13.7 Å². The number of halogens is 2. The number of sulfonamides is 1. The van der Waals surface area contributed by atoms with Gasteiger partial charge in [-0.25, -0.2) is 8.42 Å². The van der Waals surface area contributed by atoms with Gasteiger partial charge in [0.25, 0.3) is 0 Å². The Bertz CT molecular complexity index is 554. The molecular weight excluding hydrogens is 375 g/mol. The van der Waals surface area contributed by atoms with E-state index in [1.807, 2.05) is 22.6 Å². The van der Waals surface area contributed by atoms with Crippen LogP contribution in [0, 0.1) is 14.9 Å². The average molecular weight is 385 g/mol. The number of hydrogen-bond acceptors (Lipinski definition) is 3. The number of nitrogens with one attached hydrogen (secondary N) is 1. The predicted octanol–water partition coefficient (Wildman–Crippen LogP) is 2.99. The van der Waals surface area contributed by atoms with Crippen molar-refractivity contribution in [2.45, 2.75) is 18.6 Å². The first-order chi connectivity index (χ1) is 7.90. The molecule has 17 heavy (non-hydrogen) atoms. The summed E-state index contributed by atoms with van der Waals surface area (Å²) in [5, 5.41) is 8.25. The van der Waals surface area contributed by atoms with Crippen LogP contribution < -0.4 is 4.72 Å². The van der Waals surface area contributed by atoms with Crippen LogP contribution in [0.3, 0.4) is 0 Å². The second-order valence-electron chi connectivity index (χ2n) is 3.30. The van der Waals surface area contributed by atoms with Gasteiger partial charge in [0.1, 0.15) is 0 Å². The summed E-state index contributed by atoms with van der Waals surface area (Å²) < 4.78 is 26.7. The van der Waals surface area contributed by atoms with Crippen LogP contribution in [0.4, 0.5) is 5.69 Å². The molecule has 1 rings (SSSR count). The Hall–Kier alpha value is -0.520. The minimum absolute atomic E-state index is 0.246. The van der Waals surface area contributed by atoms with E-state index in [2.05, 4.69) is 4.72 Å². The normalized spacial score (nSPS) is 12.8. The Morgan fingerprint density at radius 3 is 2.71 bits per heavy atom. The molecule has 0 saturated heterocycles. The smallest absolute Gasteiger partial charge is 0.249 e. The molecule has 0 bridgehead atoms. The van der Waals surface area contributed by atoms with Crippen molar-refractivity contribution in [2.24, 2.45) is 0 Å². The van der Waals surface area contributed by atoms with Crippen molar-refractivity contribution in [3.05, 3.63) is 26.8 Å². The molecule has 0 aromatic heterocycles. The molecule has 1 atom stereocenters. The number of nitrogens with zero attached hydrogens (tertiary/aromatic N) is 1. The van der Waals surface area contributed by atoms with E-state index in [-0.39, 0.29) is 6.42 Å². The first kappa shape index (κ1) is 14.5. The summed E-state index contributed by atoms with van der Waals surface area (Å²) >= 11 is 7.75. The van der Waals surface area contributed by atoms with Gasteiger partial charge in [-0.15, -0.1) is 0 Å². The number of anilines is 1. The average Bonchev–Trinajstić information content (AvgIpc) is 2.23. The standard InChI is InChI=1S/C10H10ClIN2O2S/c1-2-8(6-13)17(15,16)14-10-4-3-7(11)5-9(10)12/h3-5,8,14H,2H2,1H3. The van der Waals surface area contributed by atoms with E-state index in [0.29, 0.717) is 14.3 Å². The van der Waals surface area contributed by atoms with Gasteiger partial charge >= 0.3 is 0 Å². The summed E-state index contributed by atoms with van der Waals surface area (Å²) in [5.74, 6) is 0. The third-order valence-corrected chi connectivity index (χ3v) is 4.89. The fourth-order valence-corrected chi connectivity index (χ4v) is 3.57. The highest BCUT2D eigenvalue weighted by atomic mass is 127. The second kappa shape index (κ2) is 5.89. The van der Waals surface area contributed by atoms with Gasteiger partial charge in [0.15, 0.2) is 5.25 Å². The van der Waals surface area contributed by atoms with Crippen molar-refractivity contribution < 1.29 is 8.42 Å². The molecule has 0 aliphatic carbocycles. The van der Waals surface area contributed by atoms with Gasteiger partial charge in [0.05, 0.1) is 11.8 Å². The monoisotopic (exact) mass is 384 g/mol. The fraction of sp³-hybridized carbons (Fsp3) is 0.300. The van der Waals surface area contributed by atoms with Crippen molar-refractivity contribution >= 4 is 49.9 Å². The Kier molecular flexibility index (Phi) is 5.04. The summed E-state index contributed by atoms with van der Waals surface area (Å²) in [6.45, 7) is 1.65. The highest BCUT2D eigenvalue weighted by molar-refractivity contribution is 14.1. The van der Waals surface area contributed by atoms with Crippen molar-refractivity contribution in [3.8, 4) is 6.07 Å². The second-order valence-corrected chi connectivity index (χ2v) is 6.76. The Morgan fingerprint density at radius 2 is 2.24 bits per heavy atom. The Balaban J connectivity index is 3.03. The maximum Gasteiger partial charge on any atom is 0.249 e. The van der Waals surface area contributed by atoms with E-state index < -0.39 is 15.3 Å². The van der Waals surface area contributed by atoms with Gasteiger partial charge < -0.3 is 0 Å². The zero-order chi connectivity index (χ0) is 13.1. The molecule has 0 amide bonds. The molecule has 0 spiro atoms. The first-order valence-electron chi connectivity index (χ1n) is 4.77. The maximum absolute atomic E-state index is 11.8. The molecule has 0 aliphatic heterocycles. The molecule has 0 saturated carbocycles. The van der Waals surface area contributed by atoms with Crippen molar-refractivity contribution in [1.29, 1.82) is 5.26 Å². The van der Waals surface area contributed by atoms with Crippen LogP contribution in [0.25, 0.3) is 0 Å². The lowest BCUT2D eigenvalue weighted by molar-refractivity contribution is 0.593. The van der Waals surface area contributed by atoms with Crippen molar-refractivity contribution in [3.63, 3.8) is 0 Å². The third kappa shape index (κ3) is 3.72. The lowest BCUT2D eigenvalue weighted by Gasteiger charge is -2.12. The van der Waals surface area contributed by atoms with Crippen molar-refractivity contribution in [1.82, 2.24) is 0 Å². The molecule has 0 fully saturated rings. The summed E-state index contributed by atoms with van der Waals surface area (Å²) in [4.78, 5) is 0. The van der Waals surface area contributed by atoms with Crippen LogP contribution in [-0.2, 0) is 10.0 Å². The number of benzene rings is 1. The van der Waals surface area contributed by atoms with Gasteiger partial charge in [0, 0.05) is 8.59 Å². The quantitative estimate of drug-likeness (QED) is 0.811. The van der Waals surface area contributed by atoms with Gasteiger partial charge in [-0.1, -0.05) is 18.5 Å². The molecule has 4 nitrogen and oxygen atoms in total. The SMILES string of the molecule is CCC(C#N)S(=O)(=O)Nc1ccc(Cl)cc1I. The Morgan fingerprint density at radius 1 is 1.59 bits per heavy atom. The zero-order valence-electron chi connectivity index (χ0n) is 8.94. The number of rotatable bonds is 4. The molecule has 1 unspecified atom stereocenters.